The number of carbonyl (C=O) groups excluding carboxylic acids is 1. The molecule has 2 rings (SSSR count). The Bertz CT molecular complexity index is 752. The van der Waals surface area contributed by atoms with Crippen molar-refractivity contribution in [1.82, 2.24) is 5.01 Å². The minimum absolute atomic E-state index is 0.105. The highest BCUT2D eigenvalue weighted by atomic mass is 16.7. The molecule has 0 spiro atoms. The molecule has 0 aliphatic carbocycles. The lowest BCUT2D eigenvalue weighted by atomic mass is 10.2. The van der Waals surface area contributed by atoms with Crippen LogP contribution >= 0.6 is 0 Å². The maximum atomic E-state index is 11.8. The van der Waals surface area contributed by atoms with Crippen LogP contribution in [0.4, 0.5) is 5.69 Å². The van der Waals surface area contributed by atoms with E-state index in [9.17, 15) is 24.9 Å². The summed E-state index contributed by atoms with van der Waals surface area (Å²) in [5, 5.41) is 35.8. The summed E-state index contributed by atoms with van der Waals surface area (Å²) in [5.74, 6) is -1.63. The summed E-state index contributed by atoms with van der Waals surface area (Å²) in [6, 6.07) is 4.25. The van der Waals surface area contributed by atoms with Gasteiger partial charge in [0, 0.05) is 12.1 Å². The zero-order valence-electron chi connectivity index (χ0n) is 15.6. The van der Waals surface area contributed by atoms with Crippen molar-refractivity contribution in [3.63, 3.8) is 0 Å². The number of unbranched alkanes of at least 4 members (excludes halogenated alkanes) is 2. The van der Waals surface area contributed by atoms with Crippen molar-refractivity contribution in [2.45, 2.75) is 38.1 Å². The van der Waals surface area contributed by atoms with Gasteiger partial charge in [-0.15, -0.1) is 5.01 Å². The third-order valence-corrected chi connectivity index (χ3v) is 4.28. The smallest absolute Gasteiger partial charge is 0.338 e. The van der Waals surface area contributed by atoms with Gasteiger partial charge < -0.3 is 19.9 Å². The van der Waals surface area contributed by atoms with Gasteiger partial charge in [-0.25, -0.2) is 9.59 Å². The fraction of sp³-hybridized carbons (Fsp3) is 0.529. The van der Waals surface area contributed by atoms with E-state index >= 15 is 0 Å². The summed E-state index contributed by atoms with van der Waals surface area (Å²) in [6.45, 7) is 0.656. The van der Waals surface area contributed by atoms with Crippen molar-refractivity contribution in [3.05, 3.63) is 45.2 Å². The van der Waals surface area contributed by atoms with Crippen LogP contribution in [0, 0.1) is 15.3 Å². The standard InChI is InChI=1S/C17H22N4O8/c22-16(23)15-5-4-10-19(15)21(27)18-29-12-3-1-2-11-28-17(24)13-6-8-14(9-7-13)20(25)26/h6-9,15H,1-5,10-12H2,(H,22,23)/b21-18+/t15-/m0/s1. The van der Waals surface area contributed by atoms with Gasteiger partial charge in [0.05, 0.1) is 28.6 Å². The molecule has 1 aliphatic rings. The fourth-order valence-electron chi connectivity index (χ4n) is 2.76. The van der Waals surface area contributed by atoms with Gasteiger partial charge in [-0.3, -0.25) is 10.1 Å². The van der Waals surface area contributed by atoms with Crippen molar-refractivity contribution < 1.29 is 34.2 Å². The number of nitrogens with zero attached hydrogens (tertiary/aromatic N) is 4. The number of benzene rings is 1. The van der Waals surface area contributed by atoms with E-state index in [4.69, 9.17) is 14.7 Å². The second-order valence-electron chi connectivity index (χ2n) is 6.33. The molecule has 1 aliphatic heterocycles. The number of non-ortho nitro benzene ring substituents is 1. The second kappa shape index (κ2) is 10.8. The number of carbonyl (C=O) groups is 2. The number of rotatable bonds is 11. The molecule has 1 heterocycles. The Kier molecular flexibility index (Phi) is 8.12. The summed E-state index contributed by atoms with van der Waals surface area (Å²) in [7, 11) is 0. The number of carboxylic acid groups (broad SMARTS) is 1. The second-order valence-corrected chi connectivity index (χ2v) is 6.33. The predicted molar refractivity (Wildman–Crippen MR) is 96.6 cm³/mol. The number of ether oxygens (including phenoxy) is 1. The zero-order valence-corrected chi connectivity index (χ0v) is 15.6. The summed E-state index contributed by atoms with van der Waals surface area (Å²) < 4.78 is 5.08. The molecule has 0 radical (unpaired) electrons. The number of hydrogen-bond acceptors (Lipinski definition) is 8. The highest BCUT2D eigenvalue weighted by Gasteiger charge is 2.36. The fourth-order valence-corrected chi connectivity index (χ4v) is 2.76. The molecule has 1 saturated heterocycles. The van der Waals surface area contributed by atoms with E-state index in [1.807, 2.05) is 0 Å². The highest BCUT2D eigenvalue weighted by molar-refractivity contribution is 5.89. The molecule has 1 atom stereocenters. The van der Waals surface area contributed by atoms with E-state index in [0.717, 1.165) is 5.01 Å². The van der Waals surface area contributed by atoms with Gasteiger partial charge in [0.2, 0.25) is 5.28 Å². The van der Waals surface area contributed by atoms with Gasteiger partial charge in [0.15, 0.2) is 6.04 Å². The van der Waals surface area contributed by atoms with Crippen LogP contribution in [0.3, 0.4) is 0 Å². The van der Waals surface area contributed by atoms with Gasteiger partial charge in [0.1, 0.15) is 6.61 Å². The minimum Gasteiger partial charge on any atom is -0.569 e. The number of aliphatic carboxylic acids is 1. The van der Waals surface area contributed by atoms with Crippen LogP contribution in [0.5, 0.6) is 0 Å². The number of carboxylic acids is 1. The minimum atomic E-state index is -1.07. The first-order valence-corrected chi connectivity index (χ1v) is 9.11. The third-order valence-electron chi connectivity index (χ3n) is 4.28. The molecular formula is C17H22N4O8. The van der Waals surface area contributed by atoms with E-state index in [2.05, 4.69) is 5.28 Å². The van der Waals surface area contributed by atoms with Crippen LogP contribution < -0.4 is 0 Å². The van der Waals surface area contributed by atoms with Gasteiger partial charge in [0.25, 0.3) is 5.69 Å². The van der Waals surface area contributed by atoms with Crippen molar-refractivity contribution in [2.75, 3.05) is 19.8 Å². The molecule has 1 fully saturated rings. The topological polar surface area (TPSA) is 158 Å². The molecule has 12 nitrogen and oxygen atoms in total. The Hall–Kier alpha value is -3.44. The Balaban J connectivity index is 1.58. The normalized spacial score (nSPS) is 16.5. The van der Waals surface area contributed by atoms with Gasteiger partial charge in [-0.1, -0.05) is 0 Å². The zero-order chi connectivity index (χ0) is 21.2. The number of nitro groups is 1. The summed E-state index contributed by atoms with van der Waals surface area (Å²) in [6.07, 6.45) is 2.78. The third kappa shape index (κ3) is 6.59. The molecule has 0 unspecified atom stereocenters. The average Bonchev–Trinajstić information content (AvgIpc) is 3.20. The van der Waals surface area contributed by atoms with Crippen LogP contribution in [-0.4, -0.2) is 57.7 Å². The van der Waals surface area contributed by atoms with Gasteiger partial charge >= 0.3 is 11.9 Å². The molecule has 1 aromatic rings. The number of esters is 1. The van der Waals surface area contributed by atoms with E-state index in [-0.39, 0.29) is 29.4 Å². The molecular weight excluding hydrogens is 388 g/mol. The van der Waals surface area contributed by atoms with Gasteiger partial charge in [-0.05, 0) is 44.2 Å². The molecule has 1 N–H and O–H groups in total. The first-order valence-electron chi connectivity index (χ1n) is 9.11. The Labute approximate surface area is 166 Å². The average molecular weight is 410 g/mol. The predicted octanol–water partition coefficient (Wildman–Crippen LogP) is 2.28. The molecule has 0 bridgehead atoms. The maximum absolute atomic E-state index is 11.8. The van der Waals surface area contributed by atoms with Crippen LogP contribution in [0.1, 0.15) is 42.5 Å². The largest absolute Gasteiger partial charge is 0.569 e. The van der Waals surface area contributed by atoms with Crippen molar-refractivity contribution in [1.29, 1.82) is 0 Å². The van der Waals surface area contributed by atoms with E-state index in [1.165, 1.54) is 24.3 Å². The molecule has 0 aromatic heterocycles. The molecule has 0 amide bonds. The Morgan fingerprint density at radius 1 is 1.17 bits per heavy atom. The van der Waals surface area contributed by atoms with Crippen molar-refractivity contribution in [2.24, 2.45) is 5.28 Å². The Morgan fingerprint density at radius 2 is 1.86 bits per heavy atom. The lowest BCUT2D eigenvalue weighted by molar-refractivity contribution is -0.712. The van der Waals surface area contributed by atoms with E-state index < -0.39 is 22.9 Å². The summed E-state index contributed by atoms with van der Waals surface area (Å²) in [4.78, 5) is 37.9. The van der Waals surface area contributed by atoms with Crippen molar-refractivity contribution in [3.8, 4) is 0 Å². The monoisotopic (exact) mass is 410 g/mol. The molecule has 29 heavy (non-hydrogen) atoms. The summed E-state index contributed by atoms with van der Waals surface area (Å²) >= 11 is 0. The first-order chi connectivity index (χ1) is 13.9. The van der Waals surface area contributed by atoms with Crippen molar-refractivity contribution >= 4 is 17.6 Å². The molecule has 12 heteroatoms. The molecule has 1 aromatic carbocycles. The van der Waals surface area contributed by atoms with Crippen LogP contribution in [0.2, 0.25) is 0 Å². The first kappa shape index (κ1) is 21.9. The lowest BCUT2D eigenvalue weighted by Crippen LogP contribution is -2.40. The summed E-state index contributed by atoms with van der Waals surface area (Å²) in [5.41, 5.74) is 0.127. The number of hydrazine groups is 1. The van der Waals surface area contributed by atoms with Gasteiger partial charge in [-0.2, -0.15) is 0 Å². The molecule has 0 saturated carbocycles. The number of hydrogen-bond donors (Lipinski definition) is 1. The van der Waals surface area contributed by atoms with Crippen LogP contribution in [0.25, 0.3) is 0 Å². The number of nitro benzene ring substituents is 1. The van der Waals surface area contributed by atoms with Crippen LogP contribution in [-0.2, 0) is 14.4 Å². The van der Waals surface area contributed by atoms with Crippen LogP contribution in [0.15, 0.2) is 29.5 Å². The van der Waals surface area contributed by atoms with E-state index in [1.54, 1.807) is 0 Å². The Morgan fingerprint density at radius 3 is 2.52 bits per heavy atom. The quantitative estimate of drug-likeness (QED) is 0.144. The SMILES string of the molecule is O=C(OCCCCCO/N=[N+](/[O-])N1CCC[C@H]1C(=O)O)c1ccc([N+](=O)[O-])cc1. The maximum Gasteiger partial charge on any atom is 0.338 e. The highest BCUT2D eigenvalue weighted by Crippen LogP contribution is 2.17. The van der Waals surface area contributed by atoms with E-state index in [0.29, 0.717) is 38.6 Å². The molecule has 158 valence electrons. The lowest BCUT2D eigenvalue weighted by Gasteiger charge is -2.16.